The van der Waals surface area contributed by atoms with Crippen molar-refractivity contribution in [1.82, 2.24) is 0 Å². The van der Waals surface area contributed by atoms with Gasteiger partial charge in [-0.05, 0) is 129 Å². The third-order valence-corrected chi connectivity index (χ3v) is 12.2. The second-order valence-corrected chi connectivity index (χ2v) is 15.9. The van der Waals surface area contributed by atoms with Crippen LogP contribution in [0.15, 0.2) is 35.9 Å². The molecule has 8 atom stereocenters. The number of ether oxygens (including phenoxy) is 1. The van der Waals surface area contributed by atoms with Crippen LogP contribution in [-0.4, -0.2) is 22.8 Å². The Bertz CT molecular complexity index is 1210. The molecular weight excluding hydrogens is 516 g/mol. The maximum Gasteiger partial charge on any atom is 0.338 e. The molecule has 0 saturated heterocycles. The van der Waals surface area contributed by atoms with Crippen molar-refractivity contribution in [3.63, 3.8) is 0 Å². The Morgan fingerprint density at radius 2 is 1.76 bits per heavy atom. The lowest BCUT2D eigenvalue weighted by Gasteiger charge is -2.58. The molecule has 0 radical (unpaired) electrons. The molecule has 3 fully saturated rings. The molecule has 42 heavy (non-hydrogen) atoms. The second-order valence-electron chi connectivity index (χ2n) is 15.9. The van der Waals surface area contributed by atoms with E-state index in [1.165, 1.54) is 51.4 Å². The molecule has 0 spiro atoms. The molecule has 4 aliphatic carbocycles. The highest BCUT2D eigenvalue weighted by atomic mass is 16.5. The number of allylic oxidation sites excluding steroid dienone is 1. The topological polar surface area (TPSA) is 46.5 Å². The van der Waals surface area contributed by atoms with Crippen LogP contribution in [0.1, 0.15) is 135 Å². The predicted molar refractivity (Wildman–Crippen MR) is 172 cm³/mol. The maximum atomic E-state index is 13.0. The van der Waals surface area contributed by atoms with Gasteiger partial charge < -0.3 is 9.84 Å². The molecule has 0 heterocycles. The quantitative estimate of drug-likeness (QED) is 0.201. The second kappa shape index (κ2) is 12.1. The van der Waals surface area contributed by atoms with Crippen LogP contribution in [0.2, 0.25) is 0 Å². The summed E-state index contributed by atoms with van der Waals surface area (Å²) in [6, 6.07) is 7.22. The van der Waals surface area contributed by atoms with Crippen LogP contribution in [0.25, 0.3) is 0 Å². The molecule has 5 rings (SSSR count). The number of carbonyl (C=O) groups excluding carboxylic acids is 1. The minimum Gasteiger partial charge on any atom is -0.458 e. The maximum absolute atomic E-state index is 13.0. The van der Waals surface area contributed by atoms with Gasteiger partial charge in [-0.1, -0.05) is 77.4 Å². The average Bonchev–Trinajstić information content (AvgIpc) is 3.29. The van der Waals surface area contributed by atoms with Crippen molar-refractivity contribution in [2.45, 2.75) is 131 Å². The standard InChI is InChI=1S/C39H56O3/c1-26(2)9-8-10-27(3)33-17-18-34-32-16-15-30-25-31(20-23-38(30,6)35(32)21-24-39(33,34)7)42-36(40)29-13-11-28(12-14-29)19-22-37(4,5)41/h11-15,26-27,31-35,41H,8-10,16-18,20-21,23-25H2,1-7H3/t27-,31+,32+,33-,34+,35+,38+,39-/m1/s1. The molecule has 230 valence electrons. The minimum absolute atomic E-state index is 0.0422. The van der Waals surface area contributed by atoms with Crippen LogP contribution in [0.4, 0.5) is 0 Å². The Morgan fingerprint density at radius 3 is 2.45 bits per heavy atom. The molecule has 3 saturated carbocycles. The Morgan fingerprint density at radius 1 is 1.02 bits per heavy atom. The minimum atomic E-state index is -1.04. The van der Waals surface area contributed by atoms with Gasteiger partial charge in [-0.2, -0.15) is 0 Å². The van der Waals surface area contributed by atoms with E-state index in [0.717, 1.165) is 60.3 Å². The van der Waals surface area contributed by atoms with Gasteiger partial charge in [-0.25, -0.2) is 4.79 Å². The third-order valence-electron chi connectivity index (χ3n) is 12.2. The number of hydrogen-bond donors (Lipinski definition) is 1. The summed E-state index contributed by atoms with van der Waals surface area (Å²) in [5.74, 6) is 10.6. The molecule has 3 nitrogen and oxygen atoms in total. The van der Waals surface area contributed by atoms with Crippen LogP contribution in [0.3, 0.4) is 0 Å². The number of esters is 1. The smallest absolute Gasteiger partial charge is 0.338 e. The van der Waals surface area contributed by atoms with Gasteiger partial charge in [0.15, 0.2) is 0 Å². The molecule has 4 aliphatic rings. The van der Waals surface area contributed by atoms with E-state index in [1.807, 2.05) is 12.1 Å². The highest BCUT2D eigenvalue weighted by Crippen LogP contribution is 2.67. The van der Waals surface area contributed by atoms with Crippen molar-refractivity contribution in [1.29, 1.82) is 0 Å². The van der Waals surface area contributed by atoms with Gasteiger partial charge >= 0.3 is 5.97 Å². The summed E-state index contributed by atoms with van der Waals surface area (Å²) in [6.07, 6.45) is 16.5. The molecule has 1 aromatic carbocycles. The van der Waals surface area contributed by atoms with Crippen molar-refractivity contribution in [3.05, 3.63) is 47.0 Å². The fraction of sp³-hybridized carbons (Fsp3) is 0.718. The highest BCUT2D eigenvalue weighted by Gasteiger charge is 2.59. The summed E-state index contributed by atoms with van der Waals surface area (Å²) in [4.78, 5) is 13.0. The van der Waals surface area contributed by atoms with E-state index in [4.69, 9.17) is 4.74 Å². The lowest BCUT2D eigenvalue weighted by atomic mass is 9.47. The normalized spacial score (nSPS) is 34.8. The van der Waals surface area contributed by atoms with E-state index in [-0.39, 0.29) is 17.5 Å². The number of hydrogen-bond acceptors (Lipinski definition) is 3. The van der Waals surface area contributed by atoms with Crippen molar-refractivity contribution < 1.29 is 14.6 Å². The van der Waals surface area contributed by atoms with Crippen LogP contribution >= 0.6 is 0 Å². The first-order chi connectivity index (χ1) is 19.8. The van der Waals surface area contributed by atoms with Gasteiger partial charge in [0.05, 0.1) is 5.56 Å². The number of benzene rings is 1. The van der Waals surface area contributed by atoms with E-state index in [2.05, 4.69) is 52.5 Å². The van der Waals surface area contributed by atoms with Gasteiger partial charge in [0, 0.05) is 12.0 Å². The lowest BCUT2D eigenvalue weighted by Crippen LogP contribution is -2.51. The summed E-state index contributed by atoms with van der Waals surface area (Å²) in [6.45, 7) is 15.8. The zero-order valence-corrected chi connectivity index (χ0v) is 27.5. The summed E-state index contributed by atoms with van der Waals surface area (Å²) in [5.41, 5.74) is 2.64. The molecule has 3 heteroatoms. The van der Waals surface area contributed by atoms with E-state index < -0.39 is 5.60 Å². The first-order valence-corrected chi connectivity index (χ1v) is 17.1. The molecule has 0 unspecified atom stereocenters. The van der Waals surface area contributed by atoms with Crippen LogP contribution in [0.5, 0.6) is 0 Å². The summed E-state index contributed by atoms with van der Waals surface area (Å²) >= 11 is 0. The van der Waals surface area contributed by atoms with Crippen LogP contribution in [-0.2, 0) is 4.74 Å². The first-order valence-electron chi connectivity index (χ1n) is 17.1. The first kappa shape index (κ1) is 31.4. The Kier molecular flexibility index (Phi) is 9.08. The van der Waals surface area contributed by atoms with E-state index in [0.29, 0.717) is 11.0 Å². The zero-order valence-electron chi connectivity index (χ0n) is 27.5. The Labute approximate surface area is 256 Å². The molecule has 0 aliphatic heterocycles. The van der Waals surface area contributed by atoms with Gasteiger partial charge in [-0.15, -0.1) is 0 Å². The molecule has 0 bridgehead atoms. The zero-order chi connectivity index (χ0) is 30.3. The monoisotopic (exact) mass is 572 g/mol. The molecule has 1 N–H and O–H groups in total. The van der Waals surface area contributed by atoms with Crippen molar-refractivity contribution in [2.24, 2.45) is 46.3 Å². The van der Waals surface area contributed by atoms with Gasteiger partial charge in [0.1, 0.15) is 11.7 Å². The fourth-order valence-electron chi connectivity index (χ4n) is 9.89. The van der Waals surface area contributed by atoms with Crippen LogP contribution < -0.4 is 0 Å². The molecule has 0 aromatic heterocycles. The molecule has 1 aromatic rings. The predicted octanol–water partition coefficient (Wildman–Crippen LogP) is 9.38. The highest BCUT2D eigenvalue weighted by molar-refractivity contribution is 5.89. The molecular formula is C39H56O3. The van der Waals surface area contributed by atoms with Crippen molar-refractivity contribution in [2.75, 3.05) is 0 Å². The van der Waals surface area contributed by atoms with Crippen molar-refractivity contribution >= 4 is 5.97 Å². The number of carbonyl (C=O) groups is 1. The van der Waals surface area contributed by atoms with Gasteiger partial charge in [-0.3, -0.25) is 0 Å². The fourth-order valence-corrected chi connectivity index (χ4v) is 9.89. The Hall–Kier alpha value is -2.05. The largest absolute Gasteiger partial charge is 0.458 e. The molecule has 0 amide bonds. The summed E-state index contributed by atoms with van der Waals surface area (Å²) in [7, 11) is 0. The third kappa shape index (κ3) is 6.40. The average molecular weight is 573 g/mol. The van der Waals surface area contributed by atoms with Gasteiger partial charge in [0.2, 0.25) is 0 Å². The van der Waals surface area contributed by atoms with E-state index >= 15 is 0 Å². The van der Waals surface area contributed by atoms with E-state index in [1.54, 1.807) is 31.6 Å². The van der Waals surface area contributed by atoms with E-state index in [9.17, 15) is 9.90 Å². The Balaban J connectivity index is 1.21. The SMILES string of the molecule is CC(C)CCC[C@@H](C)[C@H]1CC[C@H]2[C@@H]3CC=C4C[C@@H](OC(=O)c5ccc(C#CC(C)(C)O)cc5)CC[C@]4(C)[C@H]3CC[C@]12C. The lowest BCUT2D eigenvalue weighted by molar-refractivity contribution is -0.0594. The summed E-state index contributed by atoms with van der Waals surface area (Å²) in [5, 5.41) is 9.84. The summed E-state index contributed by atoms with van der Waals surface area (Å²) < 4.78 is 6.08. The number of aliphatic hydroxyl groups is 1. The van der Waals surface area contributed by atoms with Gasteiger partial charge in [0.25, 0.3) is 0 Å². The number of rotatable bonds is 7. The van der Waals surface area contributed by atoms with Crippen LogP contribution in [0, 0.1) is 58.2 Å². The number of fused-ring (bicyclic) bond motifs is 5. The van der Waals surface area contributed by atoms with Crippen molar-refractivity contribution in [3.8, 4) is 11.8 Å².